The van der Waals surface area contributed by atoms with Gasteiger partial charge in [0.25, 0.3) is 0 Å². The number of fused-ring (bicyclic) bond motifs is 5. The van der Waals surface area contributed by atoms with Gasteiger partial charge in [-0.05, 0) is 91.7 Å². The highest BCUT2D eigenvalue weighted by atomic mass is 16.3. The van der Waals surface area contributed by atoms with Gasteiger partial charge in [-0.2, -0.15) is 0 Å². The fourth-order valence-electron chi connectivity index (χ4n) is 8.19. The van der Waals surface area contributed by atoms with Crippen LogP contribution in [0.1, 0.15) is 57.1 Å². The van der Waals surface area contributed by atoms with Crippen LogP contribution in [0.5, 0.6) is 0 Å². The van der Waals surface area contributed by atoms with Gasteiger partial charge in [0.1, 0.15) is 0 Å². The highest BCUT2D eigenvalue weighted by Gasteiger charge is 2.61. The van der Waals surface area contributed by atoms with Crippen LogP contribution in [0.25, 0.3) is 0 Å². The summed E-state index contributed by atoms with van der Waals surface area (Å²) in [4.78, 5) is 14.2. The highest BCUT2D eigenvalue weighted by Crippen LogP contribution is 2.65. The highest BCUT2D eigenvalue weighted by molar-refractivity contribution is 5.89. The largest absolute Gasteiger partial charge is 0.393 e. The number of carbonyl (C=O) groups excluding carboxylic acids is 1. The summed E-state index contributed by atoms with van der Waals surface area (Å²) in [6, 6.07) is 8.95. The fourth-order valence-corrected chi connectivity index (χ4v) is 8.19. The molecule has 3 fully saturated rings. The molecule has 3 unspecified atom stereocenters. The van der Waals surface area contributed by atoms with E-state index in [0.717, 1.165) is 6.42 Å². The van der Waals surface area contributed by atoms with Crippen molar-refractivity contribution >= 4 is 5.91 Å². The molecule has 0 radical (unpaired) electrons. The maximum absolute atomic E-state index is 12.3. The first-order valence-corrected chi connectivity index (χ1v) is 11.9. The van der Waals surface area contributed by atoms with Gasteiger partial charge in [-0.3, -0.25) is 4.79 Å². The number of aliphatic hydroxyl groups is 1. The van der Waals surface area contributed by atoms with Crippen LogP contribution >= 0.6 is 0 Å². The molecule has 1 aromatic carbocycles. The molecule has 3 aliphatic carbocycles. The molecule has 3 saturated carbocycles. The number of likely N-dealkylation sites (N-methyl/N-ethyl adjacent to an activating group) is 1. The van der Waals surface area contributed by atoms with E-state index in [1.54, 1.807) is 6.08 Å². The maximum Gasteiger partial charge on any atom is 0.246 e. The Bertz CT molecular complexity index is 877. The molecule has 0 bridgehead atoms. The van der Waals surface area contributed by atoms with E-state index in [1.165, 1.54) is 43.2 Å². The Kier molecular flexibility index (Phi) is 4.70. The van der Waals surface area contributed by atoms with E-state index in [2.05, 4.69) is 51.1 Å². The minimum absolute atomic E-state index is 0.0119. The van der Waals surface area contributed by atoms with Gasteiger partial charge in [-0.15, -0.1) is 0 Å². The fraction of sp³-hybridized carbons (Fsp3) is 0.667. The maximum atomic E-state index is 12.3. The van der Waals surface area contributed by atoms with Crippen LogP contribution in [0, 0.1) is 41.4 Å². The monoisotopic (exact) mass is 407 g/mol. The molecule has 1 heterocycles. The molecule has 1 aromatic rings. The summed E-state index contributed by atoms with van der Waals surface area (Å²) in [5.74, 6) is 2.22. The lowest BCUT2D eigenvalue weighted by Crippen LogP contribution is -2.63. The van der Waals surface area contributed by atoms with E-state index in [-0.39, 0.29) is 23.5 Å². The third-order valence-corrected chi connectivity index (χ3v) is 9.79. The molecular formula is C27H37NO2. The second-order valence-electron chi connectivity index (χ2n) is 11.4. The number of aryl methyl sites for hydroxylation is 1. The molecule has 3 nitrogen and oxygen atoms in total. The van der Waals surface area contributed by atoms with Crippen molar-refractivity contribution < 1.29 is 9.90 Å². The molecule has 0 saturated heterocycles. The van der Waals surface area contributed by atoms with Crippen LogP contribution in [0.2, 0.25) is 0 Å². The Balaban J connectivity index is 1.43. The molecule has 1 amide bonds. The Morgan fingerprint density at radius 3 is 2.70 bits per heavy atom. The molecule has 1 N–H and O–H groups in total. The third kappa shape index (κ3) is 2.92. The van der Waals surface area contributed by atoms with Gasteiger partial charge in [0.2, 0.25) is 5.91 Å². The van der Waals surface area contributed by atoms with Crippen LogP contribution in [0.3, 0.4) is 0 Å². The molecule has 3 heteroatoms. The number of amides is 1. The van der Waals surface area contributed by atoms with Gasteiger partial charge in [0.05, 0.1) is 6.10 Å². The van der Waals surface area contributed by atoms with Crippen molar-refractivity contribution in [3.63, 3.8) is 0 Å². The summed E-state index contributed by atoms with van der Waals surface area (Å²) in [5, 5.41) is 11.4. The topological polar surface area (TPSA) is 40.5 Å². The number of aliphatic hydroxyl groups excluding tert-OH is 1. The smallest absolute Gasteiger partial charge is 0.246 e. The van der Waals surface area contributed by atoms with Crippen molar-refractivity contribution in [1.82, 2.24) is 4.90 Å². The van der Waals surface area contributed by atoms with Crippen molar-refractivity contribution in [2.24, 2.45) is 34.5 Å². The van der Waals surface area contributed by atoms with Gasteiger partial charge >= 0.3 is 0 Å². The van der Waals surface area contributed by atoms with Crippen LogP contribution < -0.4 is 0 Å². The number of carbonyl (C=O) groups is 1. The average molecular weight is 408 g/mol. The predicted octanol–water partition coefficient (Wildman–Crippen LogP) is 4.76. The Morgan fingerprint density at radius 1 is 1.17 bits per heavy atom. The summed E-state index contributed by atoms with van der Waals surface area (Å²) in [6.07, 6.45) is 10.5. The van der Waals surface area contributed by atoms with E-state index in [9.17, 15) is 9.90 Å². The molecule has 4 aliphatic rings. The van der Waals surface area contributed by atoms with Crippen molar-refractivity contribution in [2.75, 3.05) is 7.05 Å². The van der Waals surface area contributed by atoms with Crippen molar-refractivity contribution in [2.45, 2.75) is 71.4 Å². The second-order valence-corrected chi connectivity index (χ2v) is 11.4. The molecule has 162 valence electrons. The first-order valence-electron chi connectivity index (χ1n) is 11.9. The zero-order valence-corrected chi connectivity index (χ0v) is 19.0. The first kappa shape index (κ1) is 20.3. The van der Waals surface area contributed by atoms with Crippen LogP contribution in [0.15, 0.2) is 36.4 Å². The van der Waals surface area contributed by atoms with E-state index in [1.807, 2.05) is 11.9 Å². The first-order chi connectivity index (χ1) is 14.2. The van der Waals surface area contributed by atoms with Crippen LogP contribution in [-0.4, -0.2) is 35.1 Å². The standard InChI is InChI=1S/C27H37NO2/c1-17-7-5-6-8-19(17)13-18-14-21-25-20(9-11-26(21,2)16-18)27(3)12-10-24(30)28(4)23(27)15-22(25)29/h5-8,10,12,18,20-23,25,29H,9,11,13-16H2,1-4H3/t18?,20-,21+,22?,23?,25-,26-,27-/m1/s1. The summed E-state index contributed by atoms with van der Waals surface area (Å²) >= 11 is 0. The molecule has 30 heavy (non-hydrogen) atoms. The lowest BCUT2D eigenvalue weighted by atomic mass is 9.48. The van der Waals surface area contributed by atoms with Gasteiger partial charge in [-0.25, -0.2) is 0 Å². The number of hydrogen-bond donors (Lipinski definition) is 1. The molecular weight excluding hydrogens is 370 g/mol. The van der Waals surface area contributed by atoms with Crippen LogP contribution in [-0.2, 0) is 11.2 Å². The van der Waals surface area contributed by atoms with Gasteiger partial charge in [0.15, 0.2) is 0 Å². The van der Waals surface area contributed by atoms with Crippen molar-refractivity contribution in [3.05, 3.63) is 47.5 Å². The summed E-state index contributed by atoms with van der Waals surface area (Å²) < 4.78 is 0. The van der Waals surface area contributed by atoms with Crippen molar-refractivity contribution in [1.29, 1.82) is 0 Å². The molecule has 5 rings (SSSR count). The SMILES string of the molecule is Cc1ccccc1CC1C[C@H]2[C@@H]3C(O)CC4N(C)C(=O)C=C[C@]4(C)[C@@H]3CC[C@]2(C)C1. The lowest BCUT2D eigenvalue weighted by molar-refractivity contribution is -0.154. The number of rotatable bonds is 2. The Hall–Kier alpha value is -1.61. The molecule has 0 spiro atoms. The van der Waals surface area contributed by atoms with Gasteiger partial charge in [0, 0.05) is 18.5 Å². The van der Waals surface area contributed by atoms with E-state index in [0.29, 0.717) is 29.1 Å². The summed E-state index contributed by atoms with van der Waals surface area (Å²) in [7, 11) is 1.92. The molecule has 0 aromatic heterocycles. The second kappa shape index (κ2) is 6.95. The zero-order chi connectivity index (χ0) is 21.3. The molecule has 8 atom stereocenters. The normalized spacial score (nSPS) is 45.1. The minimum Gasteiger partial charge on any atom is -0.393 e. The summed E-state index contributed by atoms with van der Waals surface area (Å²) in [6.45, 7) is 7.08. The minimum atomic E-state index is -0.295. The van der Waals surface area contributed by atoms with Crippen molar-refractivity contribution in [3.8, 4) is 0 Å². The number of hydrogen-bond acceptors (Lipinski definition) is 2. The summed E-state index contributed by atoms with van der Waals surface area (Å²) in [5.41, 5.74) is 3.23. The number of nitrogens with zero attached hydrogens (tertiary/aromatic N) is 1. The zero-order valence-electron chi connectivity index (χ0n) is 19.0. The van der Waals surface area contributed by atoms with E-state index < -0.39 is 0 Å². The van der Waals surface area contributed by atoms with Crippen LogP contribution in [0.4, 0.5) is 0 Å². The van der Waals surface area contributed by atoms with Gasteiger partial charge in [-0.1, -0.05) is 44.2 Å². The van der Waals surface area contributed by atoms with Gasteiger partial charge < -0.3 is 10.0 Å². The van der Waals surface area contributed by atoms with E-state index in [4.69, 9.17) is 0 Å². The predicted molar refractivity (Wildman–Crippen MR) is 120 cm³/mol. The average Bonchev–Trinajstić information content (AvgIpc) is 3.04. The third-order valence-electron chi connectivity index (χ3n) is 9.79. The lowest BCUT2D eigenvalue weighted by Gasteiger charge is -2.61. The Labute approximate surface area is 181 Å². The molecule has 1 aliphatic heterocycles. The Morgan fingerprint density at radius 2 is 1.93 bits per heavy atom. The quantitative estimate of drug-likeness (QED) is 0.768. The number of benzene rings is 1. The van der Waals surface area contributed by atoms with E-state index >= 15 is 0 Å².